The smallest absolute Gasteiger partial charge is 0.241 e. The van der Waals surface area contributed by atoms with Gasteiger partial charge in [0, 0.05) is 18.7 Å². The largest absolute Gasteiger partial charge is 0.497 e. The summed E-state index contributed by atoms with van der Waals surface area (Å²) in [4.78, 5) is 19.4. The summed E-state index contributed by atoms with van der Waals surface area (Å²) in [5.74, 6) is 1.99. The number of nitrogens with one attached hydrogen (secondary N) is 1. The van der Waals surface area contributed by atoms with Crippen molar-refractivity contribution in [1.29, 1.82) is 0 Å². The van der Waals surface area contributed by atoms with Gasteiger partial charge in [-0.05, 0) is 56.1 Å². The highest BCUT2D eigenvalue weighted by molar-refractivity contribution is 5.79. The average molecular weight is 421 g/mol. The van der Waals surface area contributed by atoms with E-state index in [0.29, 0.717) is 31.3 Å². The van der Waals surface area contributed by atoms with Gasteiger partial charge < -0.3 is 14.6 Å². The van der Waals surface area contributed by atoms with Crippen molar-refractivity contribution >= 4 is 5.91 Å². The van der Waals surface area contributed by atoms with E-state index in [0.717, 1.165) is 36.3 Å². The lowest BCUT2D eigenvalue weighted by Crippen LogP contribution is -2.42. The van der Waals surface area contributed by atoms with E-state index >= 15 is 0 Å². The van der Waals surface area contributed by atoms with Crippen LogP contribution >= 0.6 is 0 Å². The maximum Gasteiger partial charge on any atom is 0.241 e. The van der Waals surface area contributed by atoms with Crippen molar-refractivity contribution in [3.63, 3.8) is 0 Å². The monoisotopic (exact) mass is 420 g/mol. The Morgan fingerprint density at radius 2 is 1.97 bits per heavy atom. The highest BCUT2D eigenvalue weighted by atomic mass is 16.5. The molecule has 1 amide bonds. The second-order valence-electron chi connectivity index (χ2n) is 8.02. The lowest BCUT2D eigenvalue weighted by atomic mass is 9.97. The number of methoxy groups -OCH3 is 1. The summed E-state index contributed by atoms with van der Waals surface area (Å²) in [6.45, 7) is 4.78. The number of benzene rings is 2. The predicted molar refractivity (Wildman–Crippen MR) is 117 cm³/mol. The van der Waals surface area contributed by atoms with Crippen molar-refractivity contribution in [3.8, 4) is 17.1 Å². The number of amides is 1. The summed E-state index contributed by atoms with van der Waals surface area (Å²) < 4.78 is 10.6. The molecule has 1 fully saturated rings. The molecule has 1 saturated heterocycles. The molecule has 0 aliphatic carbocycles. The summed E-state index contributed by atoms with van der Waals surface area (Å²) >= 11 is 0. The first kappa shape index (κ1) is 21.1. The fourth-order valence-electron chi connectivity index (χ4n) is 3.82. The molecule has 1 N–H and O–H groups in total. The number of aryl methyl sites for hydroxylation is 1. The van der Waals surface area contributed by atoms with Gasteiger partial charge in [0.1, 0.15) is 5.75 Å². The molecule has 3 aromatic rings. The molecule has 1 aromatic heterocycles. The molecule has 0 bridgehead atoms. The minimum absolute atomic E-state index is 0.0248. The van der Waals surface area contributed by atoms with E-state index in [-0.39, 0.29) is 11.8 Å². The summed E-state index contributed by atoms with van der Waals surface area (Å²) in [6, 6.07) is 15.8. The van der Waals surface area contributed by atoms with E-state index in [1.807, 2.05) is 24.3 Å². The molecule has 2 aromatic carbocycles. The predicted octanol–water partition coefficient (Wildman–Crippen LogP) is 3.58. The second-order valence-corrected chi connectivity index (χ2v) is 8.02. The van der Waals surface area contributed by atoms with Crippen LogP contribution in [0.5, 0.6) is 5.75 Å². The van der Waals surface area contributed by atoms with Crippen LogP contribution < -0.4 is 10.1 Å². The molecule has 1 atom stereocenters. The molecule has 1 unspecified atom stereocenters. The Kier molecular flexibility index (Phi) is 6.62. The van der Waals surface area contributed by atoms with Crippen molar-refractivity contribution in [3.05, 3.63) is 65.5 Å². The number of piperidine rings is 1. The van der Waals surface area contributed by atoms with Crippen LogP contribution in [0.1, 0.15) is 29.9 Å². The maximum absolute atomic E-state index is 12.7. The number of hydrogen-bond donors (Lipinski definition) is 1. The van der Waals surface area contributed by atoms with Crippen LogP contribution in [-0.4, -0.2) is 41.1 Å². The van der Waals surface area contributed by atoms with Gasteiger partial charge in [0.05, 0.1) is 19.6 Å². The van der Waals surface area contributed by atoms with Crippen LogP contribution in [0, 0.1) is 12.8 Å². The van der Waals surface area contributed by atoms with Crippen molar-refractivity contribution in [1.82, 2.24) is 20.4 Å². The quantitative estimate of drug-likeness (QED) is 0.629. The average Bonchev–Trinajstić information content (AvgIpc) is 3.27. The maximum atomic E-state index is 12.7. The lowest BCUT2D eigenvalue weighted by Gasteiger charge is -2.30. The van der Waals surface area contributed by atoms with Crippen molar-refractivity contribution in [2.24, 2.45) is 5.92 Å². The van der Waals surface area contributed by atoms with Crippen LogP contribution in [-0.2, 0) is 17.9 Å². The molecule has 0 saturated carbocycles. The van der Waals surface area contributed by atoms with Gasteiger partial charge in [-0.1, -0.05) is 35.0 Å². The van der Waals surface area contributed by atoms with Crippen LogP contribution in [0.3, 0.4) is 0 Å². The summed E-state index contributed by atoms with van der Waals surface area (Å²) in [6.07, 6.45) is 1.87. The van der Waals surface area contributed by atoms with Crippen molar-refractivity contribution in [2.45, 2.75) is 32.9 Å². The van der Waals surface area contributed by atoms with Gasteiger partial charge >= 0.3 is 0 Å². The Morgan fingerprint density at radius 1 is 1.19 bits per heavy atom. The Balaban J connectivity index is 1.30. The van der Waals surface area contributed by atoms with E-state index in [2.05, 4.69) is 51.5 Å². The van der Waals surface area contributed by atoms with Crippen LogP contribution in [0.25, 0.3) is 11.4 Å². The number of aromatic nitrogens is 2. The number of carbonyl (C=O) groups excluding carboxylic acids is 1. The molecule has 162 valence electrons. The third kappa shape index (κ3) is 5.49. The molecule has 7 nitrogen and oxygen atoms in total. The van der Waals surface area contributed by atoms with Gasteiger partial charge in [0.15, 0.2) is 0 Å². The molecule has 1 aliphatic heterocycles. The van der Waals surface area contributed by atoms with Gasteiger partial charge in [-0.2, -0.15) is 4.98 Å². The molecule has 4 rings (SSSR count). The highest BCUT2D eigenvalue weighted by Crippen LogP contribution is 2.22. The fraction of sp³-hybridized carbons (Fsp3) is 0.375. The number of carbonyl (C=O) groups is 1. The van der Waals surface area contributed by atoms with Gasteiger partial charge in [0.25, 0.3) is 0 Å². The molecule has 2 heterocycles. The van der Waals surface area contributed by atoms with E-state index < -0.39 is 0 Å². The molecular formula is C24H28N4O3. The molecule has 0 spiro atoms. The summed E-state index contributed by atoms with van der Waals surface area (Å²) in [5, 5.41) is 7.18. The van der Waals surface area contributed by atoms with Crippen LogP contribution in [0.15, 0.2) is 53.1 Å². The summed E-state index contributed by atoms with van der Waals surface area (Å²) in [5.41, 5.74) is 3.21. The molecule has 0 radical (unpaired) electrons. The number of nitrogens with zero attached hydrogens (tertiary/aromatic N) is 3. The molecule has 1 aliphatic rings. The third-order valence-electron chi connectivity index (χ3n) is 5.64. The van der Waals surface area contributed by atoms with Crippen molar-refractivity contribution in [2.75, 3.05) is 20.2 Å². The van der Waals surface area contributed by atoms with E-state index in [1.54, 1.807) is 7.11 Å². The zero-order valence-electron chi connectivity index (χ0n) is 18.0. The van der Waals surface area contributed by atoms with E-state index in [4.69, 9.17) is 9.26 Å². The van der Waals surface area contributed by atoms with Crippen LogP contribution in [0.2, 0.25) is 0 Å². The zero-order chi connectivity index (χ0) is 21.6. The third-order valence-corrected chi connectivity index (χ3v) is 5.64. The number of hydrogen-bond acceptors (Lipinski definition) is 6. The Bertz CT molecular complexity index is 998. The molecule has 31 heavy (non-hydrogen) atoms. The molecule has 7 heteroatoms. The Labute approximate surface area is 182 Å². The van der Waals surface area contributed by atoms with Gasteiger partial charge in [-0.3, -0.25) is 9.69 Å². The topological polar surface area (TPSA) is 80.5 Å². The summed E-state index contributed by atoms with van der Waals surface area (Å²) in [7, 11) is 1.64. The number of rotatable bonds is 7. The first-order valence-corrected chi connectivity index (χ1v) is 10.6. The Hall–Kier alpha value is -3.19. The van der Waals surface area contributed by atoms with Gasteiger partial charge in [0.2, 0.25) is 17.6 Å². The molecular weight excluding hydrogens is 392 g/mol. The lowest BCUT2D eigenvalue weighted by molar-refractivity contribution is -0.127. The minimum atomic E-state index is -0.0248. The number of ether oxygens (including phenoxy) is 1. The highest BCUT2D eigenvalue weighted by Gasteiger charge is 2.26. The van der Waals surface area contributed by atoms with Crippen molar-refractivity contribution < 1.29 is 14.1 Å². The normalized spacial score (nSPS) is 16.8. The minimum Gasteiger partial charge on any atom is -0.497 e. The van der Waals surface area contributed by atoms with Gasteiger partial charge in [-0.25, -0.2) is 0 Å². The van der Waals surface area contributed by atoms with Gasteiger partial charge in [-0.15, -0.1) is 0 Å². The zero-order valence-corrected chi connectivity index (χ0v) is 18.0. The van der Waals surface area contributed by atoms with Crippen LogP contribution in [0.4, 0.5) is 0 Å². The second kappa shape index (κ2) is 9.75. The SMILES string of the molecule is COc1ccc(-c2noc(CN3CCCC(C(=O)NCc4ccc(C)cc4)C3)n2)cc1. The van der Waals surface area contributed by atoms with E-state index in [9.17, 15) is 4.79 Å². The first-order chi connectivity index (χ1) is 15.1. The first-order valence-electron chi connectivity index (χ1n) is 10.6. The fourth-order valence-corrected chi connectivity index (χ4v) is 3.82. The Morgan fingerprint density at radius 3 is 2.71 bits per heavy atom. The van der Waals surface area contributed by atoms with E-state index in [1.165, 1.54) is 5.56 Å². The standard InChI is InChI=1S/C24H28N4O3/c1-17-5-7-18(8-6-17)14-25-24(29)20-4-3-13-28(15-20)16-22-26-23(27-31-22)19-9-11-21(30-2)12-10-19/h5-12,20H,3-4,13-16H2,1-2H3,(H,25,29). The number of likely N-dealkylation sites (tertiary alicyclic amines) is 1.